The number of nitrogens with one attached hydrogen (secondary N) is 1. The topological polar surface area (TPSA) is 33.7 Å². The van der Waals surface area contributed by atoms with E-state index >= 15 is 0 Å². The summed E-state index contributed by atoms with van der Waals surface area (Å²) in [4.78, 5) is 2.13. The maximum absolute atomic E-state index is 14.1. The Morgan fingerprint density at radius 1 is 1.33 bits per heavy atom. The van der Waals surface area contributed by atoms with Gasteiger partial charge in [-0.25, -0.2) is 0 Å². The van der Waals surface area contributed by atoms with E-state index in [4.69, 9.17) is 9.47 Å². The molecule has 1 aromatic rings. The van der Waals surface area contributed by atoms with Gasteiger partial charge >= 0.3 is 0 Å². The second-order valence-electron chi connectivity index (χ2n) is 4.44. The predicted molar refractivity (Wildman–Crippen MR) is 69.2 cm³/mol. The minimum atomic E-state index is -0.441. The van der Waals surface area contributed by atoms with Gasteiger partial charge in [0.05, 0.1) is 19.9 Å². The first-order chi connectivity index (χ1) is 8.67. The largest absolute Gasteiger partial charge is 0.494 e. The Morgan fingerprint density at radius 3 is 2.72 bits per heavy atom. The smallest absolute Gasteiger partial charge is 0.208 e. The third-order valence-electron chi connectivity index (χ3n) is 3.17. The highest BCUT2D eigenvalue weighted by Crippen LogP contribution is 2.36. The van der Waals surface area contributed by atoms with Gasteiger partial charge in [-0.15, -0.1) is 0 Å². The summed E-state index contributed by atoms with van der Waals surface area (Å²) in [5, 5.41) is 3.36. The number of rotatable bonds is 3. The van der Waals surface area contributed by atoms with Gasteiger partial charge in [-0.3, -0.25) is 0 Å². The Morgan fingerprint density at radius 2 is 2.11 bits per heavy atom. The Labute approximate surface area is 107 Å². The Balaban J connectivity index is 2.35. The highest BCUT2D eigenvalue weighted by Gasteiger charge is 2.22. The quantitative estimate of drug-likeness (QED) is 0.889. The molecule has 100 valence electrons. The zero-order valence-corrected chi connectivity index (χ0v) is 11.0. The molecule has 0 aromatic heterocycles. The molecule has 1 aliphatic rings. The van der Waals surface area contributed by atoms with E-state index in [2.05, 4.69) is 17.1 Å². The van der Waals surface area contributed by atoms with E-state index in [1.165, 1.54) is 14.2 Å². The van der Waals surface area contributed by atoms with Crippen LogP contribution in [-0.4, -0.2) is 39.9 Å². The fourth-order valence-electron chi connectivity index (χ4n) is 2.28. The summed E-state index contributed by atoms with van der Waals surface area (Å²) in [6.07, 6.45) is 0. The molecular weight excluding hydrogens is 235 g/mol. The van der Waals surface area contributed by atoms with Crippen LogP contribution in [0.15, 0.2) is 12.1 Å². The van der Waals surface area contributed by atoms with E-state index in [1.54, 1.807) is 6.07 Å². The number of hydrogen-bond acceptors (Lipinski definition) is 4. The normalized spacial score (nSPS) is 19.8. The van der Waals surface area contributed by atoms with Crippen LogP contribution in [0, 0.1) is 5.82 Å². The average molecular weight is 254 g/mol. The van der Waals surface area contributed by atoms with Crippen molar-refractivity contribution in [2.75, 3.05) is 38.8 Å². The Bertz CT molecular complexity index is 426. The van der Waals surface area contributed by atoms with Crippen LogP contribution >= 0.6 is 0 Å². The monoisotopic (exact) mass is 254 g/mol. The van der Waals surface area contributed by atoms with Crippen LogP contribution in [0.25, 0.3) is 0 Å². The molecule has 0 radical (unpaired) electrons. The summed E-state index contributed by atoms with van der Waals surface area (Å²) >= 11 is 0. The third kappa shape index (κ3) is 2.36. The summed E-state index contributed by atoms with van der Waals surface area (Å²) in [5.74, 6) is 0.0194. The molecule has 0 saturated carbocycles. The van der Waals surface area contributed by atoms with Crippen molar-refractivity contribution in [3.8, 4) is 11.5 Å². The van der Waals surface area contributed by atoms with Crippen molar-refractivity contribution < 1.29 is 13.9 Å². The lowest BCUT2D eigenvalue weighted by atomic mass is 10.2. The van der Waals surface area contributed by atoms with Crippen LogP contribution in [0.2, 0.25) is 0 Å². The summed E-state index contributed by atoms with van der Waals surface area (Å²) in [6.45, 7) is 4.67. The molecule has 5 heteroatoms. The number of methoxy groups -OCH3 is 2. The number of halogens is 1. The van der Waals surface area contributed by atoms with Gasteiger partial charge in [0.15, 0.2) is 11.5 Å². The summed E-state index contributed by atoms with van der Waals surface area (Å²) in [7, 11) is 2.93. The number of anilines is 1. The number of nitrogens with zero attached hydrogens (tertiary/aromatic N) is 1. The molecule has 0 unspecified atom stereocenters. The van der Waals surface area contributed by atoms with Crippen LogP contribution in [0.5, 0.6) is 11.5 Å². The van der Waals surface area contributed by atoms with Gasteiger partial charge in [-0.2, -0.15) is 4.39 Å². The van der Waals surface area contributed by atoms with Crippen LogP contribution in [0.1, 0.15) is 6.92 Å². The number of hydrogen-bond donors (Lipinski definition) is 1. The molecule has 0 amide bonds. The fraction of sp³-hybridized carbons (Fsp3) is 0.538. The Hall–Kier alpha value is -1.49. The number of piperazine rings is 1. The van der Waals surface area contributed by atoms with Gasteiger partial charge in [0.2, 0.25) is 5.82 Å². The van der Waals surface area contributed by atoms with Gasteiger partial charge in [-0.05, 0) is 19.1 Å². The third-order valence-corrected chi connectivity index (χ3v) is 3.17. The molecule has 1 atom stereocenters. The summed E-state index contributed by atoms with van der Waals surface area (Å²) < 4.78 is 24.2. The first kappa shape index (κ1) is 13.0. The van der Waals surface area contributed by atoms with Crippen molar-refractivity contribution in [1.29, 1.82) is 0 Å². The van der Waals surface area contributed by atoms with Crippen LogP contribution < -0.4 is 19.7 Å². The molecule has 0 spiro atoms. The van der Waals surface area contributed by atoms with E-state index in [0.29, 0.717) is 6.04 Å². The van der Waals surface area contributed by atoms with E-state index in [0.717, 1.165) is 25.3 Å². The van der Waals surface area contributed by atoms with Crippen LogP contribution in [0.3, 0.4) is 0 Å². The van der Waals surface area contributed by atoms with Crippen molar-refractivity contribution >= 4 is 5.69 Å². The maximum Gasteiger partial charge on any atom is 0.208 e. The van der Waals surface area contributed by atoms with Crippen LogP contribution in [-0.2, 0) is 0 Å². The first-order valence-corrected chi connectivity index (χ1v) is 6.06. The predicted octanol–water partition coefficient (Wildman–Crippen LogP) is 1.64. The van der Waals surface area contributed by atoms with Crippen molar-refractivity contribution in [1.82, 2.24) is 5.32 Å². The lowest BCUT2D eigenvalue weighted by Gasteiger charge is -2.34. The van der Waals surface area contributed by atoms with E-state index < -0.39 is 5.82 Å². The van der Waals surface area contributed by atoms with Crippen molar-refractivity contribution in [3.63, 3.8) is 0 Å². The molecule has 1 aromatic carbocycles. The molecule has 0 aliphatic carbocycles. The molecule has 1 heterocycles. The Kier molecular flexibility index (Phi) is 3.91. The van der Waals surface area contributed by atoms with E-state index in [-0.39, 0.29) is 11.5 Å². The van der Waals surface area contributed by atoms with Crippen molar-refractivity contribution in [2.45, 2.75) is 13.0 Å². The van der Waals surface area contributed by atoms with Crippen molar-refractivity contribution in [2.24, 2.45) is 0 Å². The number of ether oxygens (including phenoxy) is 2. The molecule has 0 bridgehead atoms. The van der Waals surface area contributed by atoms with Gasteiger partial charge in [-0.1, -0.05) is 0 Å². The molecular formula is C13H19FN2O2. The van der Waals surface area contributed by atoms with Crippen molar-refractivity contribution in [3.05, 3.63) is 17.9 Å². The maximum atomic E-state index is 14.1. The van der Waals surface area contributed by atoms with Gasteiger partial charge in [0.1, 0.15) is 0 Å². The van der Waals surface area contributed by atoms with Gasteiger partial charge in [0.25, 0.3) is 0 Å². The standard InChI is InChI=1S/C13H19FN2O2/c1-9-8-16(7-6-15-9)10-4-5-11(17-2)12(14)13(10)18-3/h4-5,9,15H,6-8H2,1-3H3/t9-/m1/s1. The average Bonchev–Trinajstić information content (AvgIpc) is 2.38. The molecule has 4 nitrogen and oxygen atoms in total. The fourth-order valence-corrected chi connectivity index (χ4v) is 2.28. The molecule has 1 N–H and O–H groups in total. The number of benzene rings is 1. The molecule has 1 aliphatic heterocycles. The second kappa shape index (κ2) is 5.44. The zero-order chi connectivity index (χ0) is 13.1. The second-order valence-corrected chi connectivity index (χ2v) is 4.44. The van der Waals surface area contributed by atoms with Gasteiger partial charge < -0.3 is 19.7 Å². The molecule has 2 rings (SSSR count). The van der Waals surface area contributed by atoms with E-state index in [1.807, 2.05) is 6.07 Å². The zero-order valence-electron chi connectivity index (χ0n) is 11.0. The minimum absolute atomic E-state index is 0.207. The highest BCUT2D eigenvalue weighted by molar-refractivity contribution is 5.62. The van der Waals surface area contributed by atoms with Gasteiger partial charge in [0, 0.05) is 25.7 Å². The first-order valence-electron chi connectivity index (χ1n) is 6.06. The molecule has 1 saturated heterocycles. The lowest BCUT2D eigenvalue weighted by Crippen LogP contribution is -2.49. The van der Waals surface area contributed by atoms with E-state index in [9.17, 15) is 4.39 Å². The lowest BCUT2D eigenvalue weighted by molar-refractivity contribution is 0.349. The minimum Gasteiger partial charge on any atom is -0.494 e. The summed E-state index contributed by atoms with van der Waals surface area (Å²) in [5.41, 5.74) is 0.782. The SMILES string of the molecule is COc1ccc(N2CCN[C@H](C)C2)c(OC)c1F. The molecule has 1 fully saturated rings. The summed E-state index contributed by atoms with van der Waals surface area (Å²) in [6, 6.07) is 3.87. The van der Waals surface area contributed by atoms with Crippen LogP contribution in [0.4, 0.5) is 10.1 Å². The molecule has 18 heavy (non-hydrogen) atoms. The highest BCUT2D eigenvalue weighted by atomic mass is 19.1.